The molecule has 0 aromatic rings. The van der Waals surface area contributed by atoms with Crippen LogP contribution in [0, 0.1) is 11.3 Å². The SMILES string of the molecule is C=CCC(C)C(C)(CC)CBr. The molecule has 66 valence electrons. The predicted molar refractivity (Wildman–Crippen MR) is 56.2 cm³/mol. The fourth-order valence-corrected chi connectivity index (χ4v) is 2.06. The molecule has 0 heterocycles. The van der Waals surface area contributed by atoms with Crippen LogP contribution in [0.5, 0.6) is 0 Å². The quantitative estimate of drug-likeness (QED) is 0.484. The highest BCUT2D eigenvalue weighted by Gasteiger charge is 2.26. The van der Waals surface area contributed by atoms with Crippen LogP contribution in [0.15, 0.2) is 12.7 Å². The van der Waals surface area contributed by atoms with Crippen LogP contribution in [0.2, 0.25) is 0 Å². The first-order valence-electron chi connectivity index (χ1n) is 4.27. The molecule has 0 radical (unpaired) electrons. The van der Waals surface area contributed by atoms with Crippen molar-refractivity contribution in [2.24, 2.45) is 11.3 Å². The van der Waals surface area contributed by atoms with E-state index in [0.29, 0.717) is 5.41 Å². The second-order valence-corrected chi connectivity index (χ2v) is 4.13. The van der Waals surface area contributed by atoms with E-state index >= 15 is 0 Å². The summed E-state index contributed by atoms with van der Waals surface area (Å²) in [6, 6.07) is 0. The lowest BCUT2D eigenvalue weighted by Crippen LogP contribution is -2.25. The molecule has 0 fully saturated rings. The third-order valence-corrected chi connectivity index (χ3v) is 4.10. The predicted octanol–water partition coefficient (Wildman–Crippen LogP) is 4.01. The number of hydrogen-bond donors (Lipinski definition) is 0. The monoisotopic (exact) mass is 218 g/mol. The molecule has 0 rings (SSSR count). The van der Waals surface area contributed by atoms with E-state index in [4.69, 9.17) is 0 Å². The smallest absolute Gasteiger partial charge is 0.00878 e. The maximum atomic E-state index is 3.77. The maximum absolute atomic E-state index is 3.77. The van der Waals surface area contributed by atoms with E-state index in [0.717, 1.165) is 17.7 Å². The Morgan fingerprint density at radius 2 is 2.18 bits per heavy atom. The van der Waals surface area contributed by atoms with Crippen molar-refractivity contribution in [2.45, 2.75) is 33.6 Å². The normalized spacial score (nSPS) is 18.9. The van der Waals surface area contributed by atoms with E-state index in [1.165, 1.54) is 6.42 Å². The van der Waals surface area contributed by atoms with Gasteiger partial charge < -0.3 is 0 Å². The van der Waals surface area contributed by atoms with Crippen molar-refractivity contribution in [3.8, 4) is 0 Å². The second-order valence-electron chi connectivity index (χ2n) is 3.57. The maximum Gasteiger partial charge on any atom is 0.00878 e. The summed E-state index contributed by atoms with van der Waals surface area (Å²) < 4.78 is 0. The summed E-state index contributed by atoms with van der Waals surface area (Å²) in [4.78, 5) is 0. The summed E-state index contributed by atoms with van der Waals surface area (Å²) in [5.74, 6) is 0.726. The van der Waals surface area contributed by atoms with Gasteiger partial charge in [0.05, 0.1) is 0 Å². The molecule has 0 aliphatic rings. The number of alkyl halides is 1. The molecule has 0 saturated heterocycles. The zero-order valence-corrected chi connectivity index (χ0v) is 9.45. The zero-order chi connectivity index (χ0) is 8.91. The highest BCUT2D eigenvalue weighted by Crippen LogP contribution is 2.34. The Hall–Kier alpha value is 0.220. The highest BCUT2D eigenvalue weighted by molar-refractivity contribution is 9.09. The van der Waals surface area contributed by atoms with E-state index in [9.17, 15) is 0 Å². The lowest BCUT2D eigenvalue weighted by atomic mass is 9.76. The molecule has 0 aliphatic carbocycles. The third-order valence-electron chi connectivity index (χ3n) is 2.82. The van der Waals surface area contributed by atoms with Crippen LogP contribution >= 0.6 is 15.9 Å². The molecule has 1 heteroatoms. The molecule has 11 heavy (non-hydrogen) atoms. The second kappa shape index (κ2) is 4.97. The standard InChI is InChI=1S/C10H19Br/c1-5-7-9(3)10(4,6-2)8-11/h5,9H,1,6-8H2,2-4H3. The van der Waals surface area contributed by atoms with Gasteiger partial charge in [-0.2, -0.15) is 0 Å². The van der Waals surface area contributed by atoms with Gasteiger partial charge in [0.1, 0.15) is 0 Å². The highest BCUT2D eigenvalue weighted by atomic mass is 79.9. The van der Waals surface area contributed by atoms with Crippen molar-refractivity contribution in [1.29, 1.82) is 0 Å². The van der Waals surface area contributed by atoms with Crippen molar-refractivity contribution in [3.05, 3.63) is 12.7 Å². The Bertz CT molecular complexity index is 114. The molecule has 0 nitrogen and oxygen atoms in total. The van der Waals surface area contributed by atoms with Gasteiger partial charge in [0.25, 0.3) is 0 Å². The van der Waals surface area contributed by atoms with Gasteiger partial charge in [0.15, 0.2) is 0 Å². The van der Waals surface area contributed by atoms with Gasteiger partial charge in [-0.05, 0) is 24.2 Å². The largest absolute Gasteiger partial charge is 0.103 e. The summed E-state index contributed by atoms with van der Waals surface area (Å²) in [5.41, 5.74) is 0.439. The molecule has 0 aromatic carbocycles. The Labute approximate surface area is 79.2 Å². The van der Waals surface area contributed by atoms with Crippen LogP contribution in [-0.4, -0.2) is 5.33 Å². The summed E-state index contributed by atoms with van der Waals surface area (Å²) in [6.45, 7) is 10.6. The minimum Gasteiger partial charge on any atom is -0.103 e. The first-order chi connectivity index (χ1) is 5.10. The first kappa shape index (κ1) is 11.2. The fraction of sp³-hybridized carbons (Fsp3) is 0.800. The molecule has 0 saturated carbocycles. The molecule has 2 unspecified atom stereocenters. The van der Waals surface area contributed by atoms with Crippen LogP contribution in [0.25, 0.3) is 0 Å². The van der Waals surface area contributed by atoms with E-state index < -0.39 is 0 Å². The van der Waals surface area contributed by atoms with Crippen LogP contribution in [0.4, 0.5) is 0 Å². The molecule has 0 amide bonds. The van der Waals surface area contributed by atoms with E-state index in [1.54, 1.807) is 0 Å². The van der Waals surface area contributed by atoms with Crippen molar-refractivity contribution < 1.29 is 0 Å². The molecular formula is C10H19Br. The third kappa shape index (κ3) is 2.98. The summed E-state index contributed by atoms with van der Waals surface area (Å²) in [7, 11) is 0. The average molecular weight is 219 g/mol. The van der Waals surface area contributed by atoms with Gasteiger partial charge in [-0.3, -0.25) is 0 Å². The van der Waals surface area contributed by atoms with Crippen LogP contribution in [0.1, 0.15) is 33.6 Å². The van der Waals surface area contributed by atoms with E-state index in [1.807, 2.05) is 6.08 Å². The molecule has 0 aromatic heterocycles. The lowest BCUT2D eigenvalue weighted by molar-refractivity contribution is 0.232. The fourth-order valence-electron chi connectivity index (χ4n) is 1.11. The molecule has 2 atom stereocenters. The topological polar surface area (TPSA) is 0 Å². The van der Waals surface area contributed by atoms with Crippen molar-refractivity contribution in [1.82, 2.24) is 0 Å². The van der Waals surface area contributed by atoms with Gasteiger partial charge in [-0.15, -0.1) is 6.58 Å². The van der Waals surface area contributed by atoms with Crippen LogP contribution in [0.3, 0.4) is 0 Å². The van der Waals surface area contributed by atoms with E-state index in [2.05, 4.69) is 43.3 Å². The van der Waals surface area contributed by atoms with Gasteiger partial charge in [0, 0.05) is 5.33 Å². The summed E-state index contributed by atoms with van der Waals surface area (Å²) >= 11 is 3.57. The van der Waals surface area contributed by atoms with Crippen molar-refractivity contribution in [2.75, 3.05) is 5.33 Å². The van der Waals surface area contributed by atoms with Gasteiger partial charge in [0.2, 0.25) is 0 Å². The number of rotatable bonds is 5. The van der Waals surface area contributed by atoms with Gasteiger partial charge in [-0.1, -0.05) is 42.8 Å². The van der Waals surface area contributed by atoms with Gasteiger partial charge >= 0.3 is 0 Å². The van der Waals surface area contributed by atoms with Crippen molar-refractivity contribution in [3.63, 3.8) is 0 Å². The Morgan fingerprint density at radius 3 is 2.45 bits per heavy atom. The zero-order valence-electron chi connectivity index (χ0n) is 7.86. The molecule has 0 N–H and O–H groups in total. The number of allylic oxidation sites excluding steroid dienone is 1. The van der Waals surface area contributed by atoms with E-state index in [-0.39, 0.29) is 0 Å². The molecular weight excluding hydrogens is 200 g/mol. The molecule has 0 aliphatic heterocycles. The van der Waals surface area contributed by atoms with Crippen LogP contribution < -0.4 is 0 Å². The Morgan fingerprint density at radius 1 is 1.64 bits per heavy atom. The molecule has 0 bridgehead atoms. The number of hydrogen-bond acceptors (Lipinski definition) is 0. The minimum absolute atomic E-state index is 0.439. The Kier molecular flexibility index (Phi) is 5.07. The number of halogens is 1. The lowest BCUT2D eigenvalue weighted by Gasteiger charge is -2.32. The average Bonchev–Trinajstić information content (AvgIpc) is 2.03. The Balaban J connectivity index is 4.10. The van der Waals surface area contributed by atoms with Crippen LogP contribution in [-0.2, 0) is 0 Å². The van der Waals surface area contributed by atoms with Gasteiger partial charge in [-0.25, -0.2) is 0 Å². The summed E-state index contributed by atoms with van der Waals surface area (Å²) in [6.07, 6.45) is 4.37. The summed E-state index contributed by atoms with van der Waals surface area (Å²) in [5, 5.41) is 1.09. The van der Waals surface area contributed by atoms with Crippen molar-refractivity contribution >= 4 is 15.9 Å². The minimum atomic E-state index is 0.439. The first-order valence-corrected chi connectivity index (χ1v) is 5.39. The molecule has 0 spiro atoms.